The van der Waals surface area contributed by atoms with Crippen molar-refractivity contribution in [2.75, 3.05) is 11.9 Å². The Labute approximate surface area is 117 Å². The molecule has 0 atom stereocenters. The lowest BCUT2D eigenvalue weighted by Crippen LogP contribution is -2.13. The third-order valence-corrected chi connectivity index (χ3v) is 2.69. The molecule has 6 heteroatoms. The first kappa shape index (κ1) is 14.0. The summed E-state index contributed by atoms with van der Waals surface area (Å²) in [5.41, 5.74) is 1.19. The number of nitrogens with zero attached hydrogens (tertiary/aromatic N) is 2. The highest BCUT2D eigenvalue weighted by molar-refractivity contribution is 5.88. The van der Waals surface area contributed by atoms with Gasteiger partial charge in [-0.2, -0.15) is 4.98 Å². The van der Waals surface area contributed by atoms with E-state index in [0.717, 1.165) is 5.75 Å². The van der Waals surface area contributed by atoms with Crippen molar-refractivity contribution in [3.05, 3.63) is 35.7 Å². The van der Waals surface area contributed by atoms with Gasteiger partial charge in [-0.3, -0.25) is 15.2 Å². The SMILES string of the molecule is Cc1ccc(OCCCC(=O)Nc2n[nH]c(C)n2)cc1. The van der Waals surface area contributed by atoms with Crippen LogP contribution in [0.3, 0.4) is 0 Å². The molecule has 2 aromatic rings. The van der Waals surface area contributed by atoms with Gasteiger partial charge in [0.25, 0.3) is 0 Å². The van der Waals surface area contributed by atoms with Gasteiger partial charge in [-0.05, 0) is 32.4 Å². The van der Waals surface area contributed by atoms with E-state index in [1.54, 1.807) is 6.92 Å². The number of carbonyl (C=O) groups excluding carboxylic acids is 1. The average Bonchev–Trinajstić information content (AvgIpc) is 2.82. The number of hydrogen-bond acceptors (Lipinski definition) is 4. The van der Waals surface area contributed by atoms with E-state index >= 15 is 0 Å². The van der Waals surface area contributed by atoms with E-state index in [0.29, 0.717) is 31.2 Å². The zero-order chi connectivity index (χ0) is 14.4. The molecule has 0 aliphatic rings. The molecule has 20 heavy (non-hydrogen) atoms. The summed E-state index contributed by atoms with van der Waals surface area (Å²) in [6.45, 7) is 4.31. The number of carbonyl (C=O) groups is 1. The Hall–Kier alpha value is -2.37. The van der Waals surface area contributed by atoms with Crippen molar-refractivity contribution in [3.63, 3.8) is 0 Å². The number of aryl methyl sites for hydroxylation is 2. The second-order valence-corrected chi connectivity index (χ2v) is 4.56. The highest BCUT2D eigenvalue weighted by atomic mass is 16.5. The Kier molecular flexibility index (Phi) is 4.70. The standard InChI is InChI=1S/C14H18N4O2/c1-10-5-7-12(8-6-10)20-9-3-4-13(19)16-14-15-11(2)17-18-14/h5-8H,3-4,9H2,1-2H3,(H2,15,16,17,18,19). The first-order valence-electron chi connectivity index (χ1n) is 6.52. The summed E-state index contributed by atoms with van der Waals surface area (Å²) in [7, 11) is 0. The summed E-state index contributed by atoms with van der Waals surface area (Å²) in [6, 6.07) is 7.83. The van der Waals surface area contributed by atoms with Crippen molar-refractivity contribution in [2.45, 2.75) is 26.7 Å². The van der Waals surface area contributed by atoms with Gasteiger partial charge in [-0.1, -0.05) is 17.7 Å². The Morgan fingerprint density at radius 2 is 2.05 bits per heavy atom. The van der Waals surface area contributed by atoms with Crippen LogP contribution in [0.4, 0.5) is 5.95 Å². The van der Waals surface area contributed by atoms with Crippen LogP contribution in [0.15, 0.2) is 24.3 Å². The van der Waals surface area contributed by atoms with Crippen LogP contribution in [0, 0.1) is 13.8 Å². The molecule has 0 spiro atoms. The Morgan fingerprint density at radius 1 is 1.30 bits per heavy atom. The Balaban J connectivity index is 1.65. The molecule has 0 fully saturated rings. The number of nitrogens with one attached hydrogen (secondary N) is 2. The van der Waals surface area contributed by atoms with E-state index in [4.69, 9.17) is 4.74 Å². The molecule has 6 nitrogen and oxygen atoms in total. The van der Waals surface area contributed by atoms with Gasteiger partial charge in [0.1, 0.15) is 11.6 Å². The van der Waals surface area contributed by atoms with Crippen molar-refractivity contribution in [1.82, 2.24) is 15.2 Å². The van der Waals surface area contributed by atoms with Crippen LogP contribution in [0.2, 0.25) is 0 Å². The summed E-state index contributed by atoms with van der Waals surface area (Å²) in [6.07, 6.45) is 1.02. The summed E-state index contributed by atoms with van der Waals surface area (Å²) in [4.78, 5) is 15.6. The number of H-pyrrole nitrogens is 1. The third kappa shape index (κ3) is 4.38. The number of anilines is 1. The summed E-state index contributed by atoms with van der Waals surface area (Å²) >= 11 is 0. The number of aromatic nitrogens is 3. The minimum atomic E-state index is -0.114. The van der Waals surface area contributed by atoms with Crippen molar-refractivity contribution in [1.29, 1.82) is 0 Å². The number of benzene rings is 1. The van der Waals surface area contributed by atoms with Crippen LogP contribution in [-0.4, -0.2) is 27.7 Å². The minimum absolute atomic E-state index is 0.114. The molecule has 2 rings (SSSR count). The van der Waals surface area contributed by atoms with Crippen molar-refractivity contribution < 1.29 is 9.53 Å². The molecule has 0 radical (unpaired) electrons. The molecule has 0 aliphatic carbocycles. The molecular formula is C14H18N4O2. The topological polar surface area (TPSA) is 79.9 Å². The fourth-order valence-corrected chi connectivity index (χ4v) is 1.64. The summed E-state index contributed by atoms with van der Waals surface area (Å²) in [5.74, 6) is 1.69. The Morgan fingerprint density at radius 3 is 2.70 bits per heavy atom. The fraction of sp³-hybridized carbons (Fsp3) is 0.357. The molecule has 0 aliphatic heterocycles. The molecule has 0 bridgehead atoms. The maximum Gasteiger partial charge on any atom is 0.248 e. The lowest BCUT2D eigenvalue weighted by molar-refractivity contribution is -0.116. The van der Waals surface area contributed by atoms with Crippen LogP contribution in [0.5, 0.6) is 5.75 Å². The molecule has 0 saturated heterocycles. The summed E-state index contributed by atoms with van der Waals surface area (Å²) < 4.78 is 5.55. The number of ether oxygens (including phenoxy) is 1. The zero-order valence-corrected chi connectivity index (χ0v) is 11.6. The van der Waals surface area contributed by atoms with E-state index < -0.39 is 0 Å². The molecule has 0 saturated carbocycles. The van der Waals surface area contributed by atoms with Crippen molar-refractivity contribution >= 4 is 11.9 Å². The predicted octanol–water partition coefficient (Wildman–Crippen LogP) is 2.22. The minimum Gasteiger partial charge on any atom is -0.494 e. The smallest absolute Gasteiger partial charge is 0.248 e. The van der Waals surface area contributed by atoms with Crippen LogP contribution in [0.1, 0.15) is 24.2 Å². The average molecular weight is 274 g/mol. The lowest BCUT2D eigenvalue weighted by atomic mass is 10.2. The first-order chi connectivity index (χ1) is 9.63. The molecule has 1 aromatic carbocycles. The highest BCUT2D eigenvalue weighted by Gasteiger charge is 2.05. The third-order valence-electron chi connectivity index (χ3n) is 2.69. The van der Waals surface area contributed by atoms with Gasteiger partial charge in [0.05, 0.1) is 6.61 Å². The largest absolute Gasteiger partial charge is 0.494 e. The number of amides is 1. The van der Waals surface area contributed by atoms with Gasteiger partial charge in [0.2, 0.25) is 11.9 Å². The van der Waals surface area contributed by atoms with Crippen LogP contribution >= 0.6 is 0 Å². The second-order valence-electron chi connectivity index (χ2n) is 4.56. The maximum absolute atomic E-state index is 11.6. The van der Waals surface area contributed by atoms with Crippen LogP contribution in [-0.2, 0) is 4.79 Å². The first-order valence-corrected chi connectivity index (χ1v) is 6.52. The van der Waals surface area contributed by atoms with E-state index in [1.165, 1.54) is 5.56 Å². The van der Waals surface area contributed by atoms with Gasteiger partial charge in [-0.15, -0.1) is 5.10 Å². The van der Waals surface area contributed by atoms with Gasteiger partial charge >= 0.3 is 0 Å². The van der Waals surface area contributed by atoms with Crippen molar-refractivity contribution in [2.24, 2.45) is 0 Å². The molecule has 0 unspecified atom stereocenters. The van der Waals surface area contributed by atoms with Crippen molar-refractivity contribution in [3.8, 4) is 5.75 Å². The maximum atomic E-state index is 11.6. The highest BCUT2D eigenvalue weighted by Crippen LogP contribution is 2.11. The molecule has 1 heterocycles. The van der Waals surface area contributed by atoms with Gasteiger partial charge in [-0.25, -0.2) is 0 Å². The monoisotopic (exact) mass is 274 g/mol. The molecular weight excluding hydrogens is 256 g/mol. The lowest BCUT2D eigenvalue weighted by Gasteiger charge is -2.06. The van der Waals surface area contributed by atoms with Gasteiger partial charge in [0.15, 0.2) is 0 Å². The van der Waals surface area contributed by atoms with Crippen LogP contribution in [0.25, 0.3) is 0 Å². The number of aromatic amines is 1. The van der Waals surface area contributed by atoms with Crippen LogP contribution < -0.4 is 10.1 Å². The zero-order valence-electron chi connectivity index (χ0n) is 11.6. The van der Waals surface area contributed by atoms with E-state index in [1.807, 2.05) is 31.2 Å². The van der Waals surface area contributed by atoms with E-state index in [9.17, 15) is 4.79 Å². The van der Waals surface area contributed by atoms with Gasteiger partial charge < -0.3 is 4.74 Å². The molecule has 1 aromatic heterocycles. The normalized spacial score (nSPS) is 10.3. The molecule has 2 N–H and O–H groups in total. The number of rotatable bonds is 6. The van der Waals surface area contributed by atoms with E-state index in [-0.39, 0.29) is 5.91 Å². The number of hydrogen-bond donors (Lipinski definition) is 2. The predicted molar refractivity (Wildman–Crippen MR) is 75.7 cm³/mol. The quantitative estimate of drug-likeness (QED) is 0.791. The van der Waals surface area contributed by atoms with Gasteiger partial charge in [0, 0.05) is 6.42 Å². The molecule has 106 valence electrons. The fourth-order valence-electron chi connectivity index (χ4n) is 1.64. The second kappa shape index (κ2) is 6.70. The Bertz CT molecular complexity index is 563. The molecule has 1 amide bonds. The summed E-state index contributed by atoms with van der Waals surface area (Å²) in [5, 5.41) is 9.13. The van der Waals surface area contributed by atoms with E-state index in [2.05, 4.69) is 20.5 Å².